The van der Waals surface area contributed by atoms with E-state index in [2.05, 4.69) is 15.9 Å². The summed E-state index contributed by atoms with van der Waals surface area (Å²) in [5.74, 6) is 0.221. The van der Waals surface area contributed by atoms with Crippen LogP contribution in [0, 0.1) is 12.7 Å². The van der Waals surface area contributed by atoms with Crippen LogP contribution in [0.3, 0.4) is 0 Å². The van der Waals surface area contributed by atoms with Crippen molar-refractivity contribution in [2.24, 2.45) is 0 Å². The molecular formula is C15H12BrFO2. The lowest BCUT2D eigenvalue weighted by Gasteiger charge is -2.09. The fourth-order valence-corrected chi connectivity index (χ4v) is 2.31. The maximum Gasteiger partial charge on any atom is 0.168 e. The quantitative estimate of drug-likeness (QED) is 0.752. The summed E-state index contributed by atoms with van der Waals surface area (Å²) in [4.78, 5) is 11.3. The number of carbonyl (C=O) groups excluding carboxylic acids is 1. The van der Waals surface area contributed by atoms with Crippen LogP contribution in [-0.4, -0.2) is 5.78 Å². The van der Waals surface area contributed by atoms with Crippen LogP contribution in [0.15, 0.2) is 40.9 Å². The zero-order valence-electron chi connectivity index (χ0n) is 10.5. The Balaban J connectivity index is 2.32. The monoisotopic (exact) mass is 322 g/mol. The molecular weight excluding hydrogens is 311 g/mol. The number of Topliss-reactive ketones (excluding diaryl/α,β-unsaturated/α-hetero) is 1. The first-order chi connectivity index (χ1) is 8.99. The highest BCUT2D eigenvalue weighted by Crippen LogP contribution is 2.29. The van der Waals surface area contributed by atoms with Crippen molar-refractivity contribution in [1.29, 1.82) is 0 Å². The smallest absolute Gasteiger partial charge is 0.168 e. The average Bonchev–Trinajstić information content (AvgIpc) is 2.34. The van der Waals surface area contributed by atoms with Crippen LogP contribution in [0.5, 0.6) is 11.5 Å². The van der Waals surface area contributed by atoms with Crippen LogP contribution in [-0.2, 0) is 0 Å². The molecule has 0 N–H and O–H groups in total. The van der Waals surface area contributed by atoms with E-state index in [0.717, 1.165) is 0 Å². The van der Waals surface area contributed by atoms with Gasteiger partial charge in [0.25, 0.3) is 0 Å². The number of halogens is 2. The number of hydrogen-bond acceptors (Lipinski definition) is 2. The molecule has 0 spiro atoms. The maximum atomic E-state index is 13.8. The zero-order chi connectivity index (χ0) is 14.0. The molecule has 0 atom stereocenters. The topological polar surface area (TPSA) is 26.3 Å². The van der Waals surface area contributed by atoms with Crippen molar-refractivity contribution in [1.82, 2.24) is 0 Å². The molecule has 0 radical (unpaired) electrons. The second-order valence-electron chi connectivity index (χ2n) is 4.19. The summed E-state index contributed by atoms with van der Waals surface area (Å²) in [6.45, 7) is 3.16. The molecule has 2 aromatic carbocycles. The second-order valence-corrected chi connectivity index (χ2v) is 5.04. The molecule has 0 aromatic heterocycles. The minimum absolute atomic E-state index is 0.0415. The van der Waals surface area contributed by atoms with E-state index in [4.69, 9.17) is 4.74 Å². The molecule has 0 aliphatic rings. The van der Waals surface area contributed by atoms with E-state index in [1.807, 2.05) is 0 Å². The van der Waals surface area contributed by atoms with Gasteiger partial charge in [-0.15, -0.1) is 0 Å². The molecule has 2 nitrogen and oxygen atoms in total. The first kappa shape index (κ1) is 13.7. The summed E-state index contributed by atoms with van der Waals surface area (Å²) in [5, 5.41) is 0. The Bertz CT molecular complexity index is 638. The number of ketones is 1. The van der Waals surface area contributed by atoms with Crippen LogP contribution in [0.2, 0.25) is 0 Å². The molecule has 0 unspecified atom stereocenters. The summed E-state index contributed by atoms with van der Waals surface area (Å²) >= 11 is 3.30. The van der Waals surface area contributed by atoms with Gasteiger partial charge in [-0.2, -0.15) is 0 Å². The highest BCUT2D eigenvalue weighted by Gasteiger charge is 2.10. The van der Waals surface area contributed by atoms with Crippen molar-refractivity contribution in [2.75, 3.05) is 0 Å². The van der Waals surface area contributed by atoms with Crippen molar-refractivity contribution in [3.05, 3.63) is 57.8 Å². The first-order valence-corrected chi connectivity index (χ1v) is 6.52. The van der Waals surface area contributed by atoms with Crippen molar-refractivity contribution < 1.29 is 13.9 Å². The minimum atomic E-state index is -0.380. The summed E-state index contributed by atoms with van der Waals surface area (Å²) in [7, 11) is 0. The lowest BCUT2D eigenvalue weighted by Crippen LogP contribution is -1.95. The van der Waals surface area contributed by atoms with Gasteiger partial charge in [0.2, 0.25) is 0 Å². The standard InChI is InChI=1S/C15H12BrFO2/c1-9-4-3-5-14(15(9)17)19-11-6-7-12(10(2)18)13(16)8-11/h3-8H,1-2H3. The fourth-order valence-electron chi connectivity index (χ4n) is 1.67. The lowest BCUT2D eigenvalue weighted by atomic mass is 10.1. The Labute approximate surface area is 119 Å². The molecule has 0 aliphatic carbocycles. The Kier molecular flexibility index (Phi) is 4.00. The average molecular weight is 323 g/mol. The molecule has 0 amide bonds. The molecule has 0 fully saturated rings. The third-order valence-corrected chi connectivity index (χ3v) is 3.36. The van der Waals surface area contributed by atoms with E-state index in [-0.39, 0.29) is 17.3 Å². The van der Waals surface area contributed by atoms with Gasteiger partial charge in [0.15, 0.2) is 17.3 Å². The van der Waals surface area contributed by atoms with E-state index in [9.17, 15) is 9.18 Å². The van der Waals surface area contributed by atoms with Gasteiger partial charge in [0, 0.05) is 10.0 Å². The van der Waals surface area contributed by atoms with E-state index in [1.54, 1.807) is 43.3 Å². The molecule has 4 heteroatoms. The highest BCUT2D eigenvalue weighted by molar-refractivity contribution is 9.10. The number of rotatable bonds is 3. The first-order valence-electron chi connectivity index (χ1n) is 5.72. The van der Waals surface area contributed by atoms with Gasteiger partial charge in [-0.3, -0.25) is 4.79 Å². The van der Waals surface area contributed by atoms with Gasteiger partial charge in [0.1, 0.15) is 5.75 Å². The SMILES string of the molecule is CC(=O)c1ccc(Oc2cccc(C)c2F)cc1Br. The Morgan fingerprint density at radius 3 is 2.63 bits per heavy atom. The Morgan fingerprint density at radius 2 is 2.00 bits per heavy atom. The lowest BCUT2D eigenvalue weighted by molar-refractivity contribution is 0.101. The highest BCUT2D eigenvalue weighted by atomic mass is 79.9. The van der Waals surface area contributed by atoms with Gasteiger partial charge < -0.3 is 4.74 Å². The van der Waals surface area contributed by atoms with Gasteiger partial charge in [0.05, 0.1) is 0 Å². The molecule has 19 heavy (non-hydrogen) atoms. The summed E-state index contributed by atoms with van der Waals surface area (Å²) in [5.41, 5.74) is 1.09. The molecule has 0 aliphatic heterocycles. The van der Waals surface area contributed by atoms with Crippen LogP contribution in [0.4, 0.5) is 4.39 Å². The third kappa shape index (κ3) is 3.01. The second kappa shape index (κ2) is 5.53. The Hall–Kier alpha value is -1.68. The summed E-state index contributed by atoms with van der Waals surface area (Å²) < 4.78 is 19.9. The van der Waals surface area contributed by atoms with E-state index in [0.29, 0.717) is 21.3 Å². The van der Waals surface area contributed by atoms with Crippen molar-refractivity contribution >= 4 is 21.7 Å². The molecule has 0 saturated heterocycles. The van der Waals surface area contributed by atoms with Gasteiger partial charge in [-0.1, -0.05) is 12.1 Å². The molecule has 0 bridgehead atoms. The van der Waals surface area contributed by atoms with Gasteiger partial charge in [-0.25, -0.2) is 4.39 Å². The predicted molar refractivity (Wildman–Crippen MR) is 75.4 cm³/mol. The van der Waals surface area contributed by atoms with Gasteiger partial charge >= 0.3 is 0 Å². The maximum absolute atomic E-state index is 13.8. The van der Waals surface area contributed by atoms with Crippen molar-refractivity contribution in [3.8, 4) is 11.5 Å². The normalized spacial score (nSPS) is 10.3. The zero-order valence-corrected chi connectivity index (χ0v) is 12.1. The fraction of sp³-hybridized carbons (Fsp3) is 0.133. The van der Waals surface area contributed by atoms with Gasteiger partial charge in [-0.05, 0) is 59.6 Å². The number of hydrogen-bond donors (Lipinski definition) is 0. The number of benzene rings is 2. The molecule has 0 saturated carbocycles. The molecule has 98 valence electrons. The van der Waals surface area contributed by atoms with Crippen molar-refractivity contribution in [3.63, 3.8) is 0 Å². The van der Waals surface area contributed by atoms with Crippen LogP contribution < -0.4 is 4.74 Å². The van der Waals surface area contributed by atoms with Crippen LogP contribution in [0.1, 0.15) is 22.8 Å². The number of aryl methyl sites for hydroxylation is 1. The minimum Gasteiger partial charge on any atom is -0.454 e. The van der Waals surface area contributed by atoms with Crippen molar-refractivity contribution in [2.45, 2.75) is 13.8 Å². The third-order valence-electron chi connectivity index (χ3n) is 2.70. The largest absolute Gasteiger partial charge is 0.454 e. The predicted octanol–water partition coefficient (Wildman–Crippen LogP) is 4.89. The summed E-state index contributed by atoms with van der Waals surface area (Å²) in [6.07, 6.45) is 0. The number of carbonyl (C=O) groups is 1. The molecule has 2 aromatic rings. The molecule has 2 rings (SSSR count). The van der Waals surface area contributed by atoms with E-state index < -0.39 is 0 Å². The van der Waals surface area contributed by atoms with E-state index in [1.165, 1.54) is 6.92 Å². The number of ether oxygens (including phenoxy) is 1. The van der Waals surface area contributed by atoms with Crippen LogP contribution >= 0.6 is 15.9 Å². The van der Waals surface area contributed by atoms with Crippen LogP contribution in [0.25, 0.3) is 0 Å². The molecule has 0 heterocycles. The Morgan fingerprint density at radius 1 is 1.26 bits per heavy atom. The summed E-state index contributed by atoms with van der Waals surface area (Å²) in [6, 6.07) is 9.91. The van der Waals surface area contributed by atoms with E-state index >= 15 is 0 Å².